The van der Waals surface area contributed by atoms with E-state index in [9.17, 15) is 4.79 Å². The zero-order valence-corrected chi connectivity index (χ0v) is 15.7. The molecule has 1 N–H and O–H groups in total. The summed E-state index contributed by atoms with van der Waals surface area (Å²) in [5.41, 5.74) is 2.45. The number of thiazole rings is 1. The number of nitrogens with one attached hydrogen (secondary N) is 1. The van der Waals surface area contributed by atoms with Gasteiger partial charge in [-0.2, -0.15) is 0 Å². The summed E-state index contributed by atoms with van der Waals surface area (Å²) in [5, 5.41) is 3.92. The average molecular weight is 358 g/mol. The Balaban J connectivity index is 1.89. The predicted molar refractivity (Wildman–Crippen MR) is 99.1 cm³/mol. The number of fused-ring (bicyclic) bond motifs is 1. The summed E-state index contributed by atoms with van der Waals surface area (Å²) < 4.78 is 7.32. The lowest BCUT2D eigenvalue weighted by Crippen LogP contribution is -2.29. The highest BCUT2D eigenvalue weighted by Gasteiger charge is 2.21. The summed E-state index contributed by atoms with van der Waals surface area (Å²) in [6.45, 7) is 7.02. The van der Waals surface area contributed by atoms with Crippen LogP contribution in [-0.2, 0) is 11.3 Å². The number of aryl methyl sites for hydroxylation is 2. The van der Waals surface area contributed by atoms with E-state index in [0.717, 1.165) is 26.7 Å². The number of rotatable bonds is 6. The van der Waals surface area contributed by atoms with Gasteiger partial charge in [-0.05, 0) is 32.9 Å². The lowest BCUT2D eigenvalue weighted by Gasteiger charge is -2.16. The van der Waals surface area contributed by atoms with E-state index in [1.807, 2.05) is 45.0 Å². The van der Waals surface area contributed by atoms with E-state index < -0.39 is 0 Å². The maximum Gasteiger partial charge on any atom is 0.271 e. The minimum absolute atomic E-state index is 0.167. The molecule has 3 aromatic rings. The number of para-hydroxylation sites is 2. The molecule has 0 aliphatic rings. The van der Waals surface area contributed by atoms with Gasteiger partial charge in [0, 0.05) is 18.5 Å². The van der Waals surface area contributed by atoms with Gasteiger partial charge in [0.2, 0.25) is 0 Å². The third-order valence-electron chi connectivity index (χ3n) is 4.06. The average Bonchev–Trinajstić information content (AvgIpc) is 3.12. The number of nitrogens with zero attached hydrogens (tertiary/aromatic N) is 3. The van der Waals surface area contributed by atoms with Crippen molar-refractivity contribution >= 4 is 28.3 Å². The Kier molecular flexibility index (Phi) is 5.15. The monoisotopic (exact) mass is 358 g/mol. The second-order valence-corrected chi connectivity index (χ2v) is 7.34. The Morgan fingerprint density at radius 1 is 1.32 bits per heavy atom. The van der Waals surface area contributed by atoms with Crippen molar-refractivity contribution in [3.63, 3.8) is 0 Å². The van der Waals surface area contributed by atoms with E-state index >= 15 is 0 Å². The number of hydrogen-bond donors (Lipinski definition) is 1. The molecule has 1 amide bonds. The maximum atomic E-state index is 12.6. The quantitative estimate of drug-likeness (QED) is 0.734. The summed E-state index contributed by atoms with van der Waals surface area (Å²) in [4.78, 5) is 22.5. The number of carbonyl (C=O) groups is 1. The van der Waals surface area contributed by atoms with Gasteiger partial charge >= 0.3 is 0 Å². The van der Waals surface area contributed by atoms with Gasteiger partial charge in [0.1, 0.15) is 11.5 Å². The summed E-state index contributed by atoms with van der Waals surface area (Å²) in [7, 11) is 1.68. The highest BCUT2D eigenvalue weighted by molar-refractivity contribution is 7.11. The first kappa shape index (κ1) is 17.6. The van der Waals surface area contributed by atoms with Crippen LogP contribution in [0.25, 0.3) is 11.0 Å². The molecule has 0 saturated heterocycles. The lowest BCUT2D eigenvalue weighted by molar-refractivity contribution is 0.0932. The number of amides is 1. The number of imidazole rings is 1. The molecule has 0 aliphatic heterocycles. The van der Waals surface area contributed by atoms with Crippen LogP contribution < -0.4 is 5.32 Å². The number of aromatic nitrogens is 3. The maximum absolute atomic E-state index is 12.6. The summed E-state index contributed by atoms with van der Waals surface area (Å²) in [6, 6.07) is 7.72. The van der Waals surface area contributed by atoms with Crippen LogP contribution in [0.1, 0.15) is 39.2 Å². The molecule has 7 heteroatoms. The molecule has 1 aromatic carbocycles. The molecule has 1 atom stereocenters. The van der Waals surface area contributed by atoms with Crippen LogP contribution in [0.3, 0.4) is 0 Å². The number of methoxy groups -OCH3 is 1. The van der Waals surface area contributed by atoms with Crippen molar-refractivity contribution in [2.24, 2.45) is 0 Å². The molecule has 0 radical (unpaired) electrons. The third-order valence-corrected chi connectivity index (χ3v) is 4.94. The second kappa shape index (κ2) is 7.33. The minimum atomic E-state index is -0.238. The molecule has 3 rings (SSSR count). The Morgan fingerprint density at radius 2 is 2.08 bits per heavy atom. The van der Waals surface area contributed by atoms with Crippen LogP contribution in [0.15, 0.2) is 24.3 Å². The molecule has 0 aliphatic carbocycles. The van der Waals surface area contributed by atoms with Crippen LogP contribution in [0.4, 0.5) is 0 Å². The van der Waals surface area contributed by atoms with Gasteiger partial charge in [0.25, 0.3) is 5.91 Å². The van der Waals surface area contributed by atoms with Crippen LogP contribution in [0.5, 0.6) is 0 Å². The molecule has 0 unspecified atom stereocenters. The zero-order valence-electron chi connectivity index (χ0n) is 14.9. The van der Waals surface area contributed by atoms with E-state index in [4.69, 9.17) is 9.72 Å². The van der Waals surface area contributed by atoms with E-state index in [0.29, 0.717) is 18.8 Å². The number of benzene rings is 1. The van der Waals surface area contributed by atoms with Crippen molar-refractivity contribution in [1.82, 2.24) is 19.9 Å². The predicted octanol–water partition coefficient (Wildman–Crippen LogP) is 3.25. The van der Waals surface area contributed by atoms with Crippen molar-refractivity contribution in [3.05, 3.63) is 45.7 Å². The number of carbonyl (C=O) groups excluding carboxylic acids is 1. The largest absolute Gasteiger partial charge is 0.383 e. The topological polar surface area (TPSA) is 69.0 Å². The fourth-order valence-electron chi connectivity index (χ4n) is 2.91. The normalized spacial score (nSPS) is 12.5. The fourth-order valence-corrected chi connectivity index (χ4v) is 3.73. The first-order valence-electron chi connectivity index (χ1n) is 8.20. The molecule has 132 valence electrons. The Morgan fingerprint density at radius 3 is 2.76 bits per heavy atom. The van der Waals surface area contributed by atoms with Crippen LogP contribution in [-0.4, -0.2) is 34.2 Å². The Labute approximate surface area is 150 Å². The van der Waals surface area contributed by atoms with E-state index in [1.165, 1.54) is 11.3 Å². The summed E-state index contributed by atoms with van der Waals surface area (Å²) >= 11 is 1.53. The van der Waals surface area contributed by atoms with Gasteiger partial charge in [-0.15, -0.1) is 11.3 Å². The van der Waals surface area contributed by atoms with Crippen molar-refractivity contribution in [2.45, 2.75) is 33.4 Å². The smallest absolute Gasteiger partial charge is 0.271 e. The van der Waals surface area contributed by atoms with Gasteiger partial charge in [-0.3, -0.25) is 4.79 Å². The number of ether oxygens (including phenoxy) is 1. The van der Waals surface area contributed by atoms with Crippen molar-refractivity contribution in [1.29, 1.82) is 0 Å². The Bertz CT molecular complexity index is 900. The molecule has 6 nitrogen and oxygen atoms in total. The molecule has 0 saturated carbocycles. The van der Waals surface area contributed by atoms with Gasteiger partial charge < -0.3 is 14.6 Å². The highest BCUT2D eigenvalue weighted by Crippen LogP contribution is 2.22. The van der Waals surface area contributed by atoms with E-state index in [1.54, 1.807) is 7.11 Å². The van der Waals surface area contributed by atoms with Crippen LogP contribution in [0, 0.1) is 13.8 Å². The SMILES string of the molecule is COCCn1c([C@@H](C)NC(=O)c2nc(C)sc2C)nc2ccccc21. The van der Waals surface area contributed by atoms with E-state index in [-0.39, 0.29) is 11.9 Å². The number of hydrogen-bond acceptors (Lipinski definition) is 5. The van der Waals surface area contributed by atoms with Gasteiger partial charge in [-0.25, -0.2) is 9.97 Å². The molecule has 25 heavy (non-hydrogen) atoms. The first-order valence-corrected chi connectivity index (χ1v) is 9.02. The van der Waals surface area contributed by atoms with E-state index in [2.05, 4.69) is 14.9 Å². The van der Waals surface area contributed by atoms with Crippen molar-refractivity contribution in [2.75, 3.05) is 13.7 Å². The molecule has 2 aromatic heterocycles. The van der Waals surface area contributed by atoms with Gasteiger partial charge in [-0.1, -0.05) is 12.1 Å². The molecular formula is C18H22N4O2S. The summed E-state index contributed by atoms with van der Waals surface area (Å²) in [6.07, 6.45) is 0. The minimum Gasteiger partial charge on any atom is -0.383 e. The second-order valence-electron chi connectivity index (χ2n) is 5.94. The molecule has 2 heterocycles. The van der Waals surface area contributed by atoms with Crippen molar-refractivity contribution in [3.8, 4) is 0 Å². The first-order chi connectivity index (χ1) is 12.0. The molecular weight excluding hydrogens is 336 g/mol. The van der Waals surface area contributed by atoms with Crippen LogP contribution >= 0.6 is 11.3 Å². The van der Waals surface area contributed by atoms with Gasteiger partial charge in [0.05, 0.1) is 28.7 Å². The fraction of sp³-hybridized carbons (Fsp3) is 0.389. The third kappa shape index (κ3) is 3.57. The lowest BCUT2D eigenvalue weighted by atomic mass is 10.2. The van der Waals surface area contributed by atoms with Gasteiger partial charge in [0.15, 0.2) is 0 Å². The standard InChI is InChI=1S/C18H22N4O2S/c1-11(19-18(23)16-12(2)25-13(3)20-16)17-21-14-7-5-6-8-15(14)22(17)9-10-24-4/h5-8,11H,9-10H2,1-4H3,(H,19,23)/t11-/m1/s1. The highest BCUT2D eigenvalue weighted by atomic mass is 32.1. The molecule has 0 bridgehead atoms. The molecule has 0 fully saturated rings. The Hall–Kier alpha value is -2.25. The molecule has 0 spiro atoms. The summed E-state index contributed by atoms with van der Waals surface area (Å²) in [5.74, 6) is 0.649. The van der Waals surface area contributed by atoms with Crippen LogP contribution in [0.2, 0.25) is 0 Å². The zero-order chi connectivity index (χ0) is 18.0. The van der Waals surface area contributed by atoms with Crippen molar-refractivity contribution < 1.29 is 9.53 Å².